The van der Waals surface area contributed by atoms with Crippen molar-refractivity contribution in [2.45, 2.75) is 39.7 Å². The van der Waals surface area contributed by atoms with Gasteiger partial charge in [-0.05, 0) is 39.2 Å². The summed E-state index contributed by atoms with van der Waals surface area (Å²) in [7, 11) is 0. The van der Waals surface area contributed by atoms with Crippen LogP contribution in [0.5, 0.6) is 0 Å². The third-order valence-electron chi connectivity index (χ3n) is 2.71. The first kappa shape index (κ1) is 15.0. The van der Waals surface area contributed by atoms with Crippen molar-refractivity contribution in [3.8, 4) is 6.07 Å². The summed E-state index contributed by atoms with van der Waals surface area (Å²) in [6.45, 7) is 4.25. The van der Waals surface area contributed by atoms with Gasteiger partial charge in [-0.1, -0.05) is 0 Å². The number of carbonyl (C=O) groups is 1. The Bertz CT molecular complexity index is 459. The van der Waals surface area contributed by atoms with Crippen molar-refractivity contribution in [3.63, 3.8) is 0 Å². The van der Waals surface area contributed by atoms with Gasteiger partial charge < -0.3 is 10.5 Å². The summed E-state index contributed by atoms with van der Waals surface area (Å²) in [5, 5.41) is 12.7. The van der Waals surface area contributed by atoms with Gasteiger partial charge in [-0.15, -0.1) is 0 Å². The number of aromatic nitrogens is 2. The van der Waals surface area contributed by atoms with E-state index >= 15 is 0 Å². The molecule has 0 saturated heterocycles. The van der Waals surface area contributed by atoms with Gasteiger partial charge in [0.25, 0.3) is 0 Å². The van der Waals surface area contributed by atoms with Crippen LogP contribution in [0.4, 0.5) is 5.82 Å². The highest BCUT2D eigenvalue weighted by molar-refractivity contribution is 5.69. The van der Waals surface area contributed by atoms with Crippen molar-refractivity contribution in [3.05, 3.63) is 12.3 Å². The Morgan fingerprint density at radius 1 is 1.58 bits per heavy atom. The average molecular weight is 264 g/mol. The van der Waals surface area contributed by atoms with Crippen LogP contribution in [0, 0.1) is 16.7 Å². The molecule has 0 aliphatic rings. The number of nitrogen functional groups attached to an aromatic ring is 1. The number of hydrogen-bond donors (Lipinski definition) is 1. The van der Waals surface area contributed by atoms with Gasteiger partial charge in [0.15, 0.2) is 0 Å². The van der Waals surface area contributed by atoms with Crippen LogP contribution >= 0.6 is 0 Å². The number of anilines is 1. The standard InChI is InChI=1S/C13H20N4O2/c1-13(2,10-14)6-3-4-8-19-12(18)9-17-7-5-11(15)16-17/h5,7H,3-4,6,8-9H2,1-2H3,(H2,15,16). The SMILES string of the molecule is CC(C)(C#N)CCCCOC(=O)Cn1ccc(N)n1. The normalized spacial score (nSPS) is 11.0. The van der Waals surface area contributed by atoms with E-state index in [-0.39, 0.29) is 17.9 Å². The zero-order chi connectivity index (χ0) is 14.3. The van der Waals surface area contributed by atoms with Crippen molar-refractivity contribution in [2.75, 3.05) is 12.3 Å². The van der Waals surface area contributed by atoms with Crippen molar-refractivity contribution in [1.29, 1.82) is 5.26 Å². The van der Waals surface area contributed by atoms with E-state index in [9.17, 15) is 4.79 Å². The Hall–Kier alpha value is -2.03. The maximum atomic E-state index is 11.5. The predicted molar refractivity (Wildman–Crippen MR) is 70.8 cm³/mol. The second-order valence-corrected chi connectivity index (χ2v) is 5.11. The molecule has 0 saturated carbocycles. The van der Waals surface area contributed by atoms with Crippen molar-refractivity contribution in [2.24, 2.45) is 5.41 Å². The van der Waals surface area contributed by atoms with Gasteiger partial charge in [0.05, 0.1) is 18.1 Å². The molecule has 0 radical (unpaired) electrons. The van der Waals surface area contributed by atoms with Gasteiger partial charge in [-0.3, -0.25) is 9.48 Å². The minimum absolute atomic E-state index is 0.0703. The summed E-state index contributed by atoms with van der Waals surface area (Å²) < 4.78 is 6.52. The number of nitriles is 1. The first-order valence-corrected chi connectivity index (χ1v) is 6.29. The number of rotatable bonds is 7. The van der Waals surface area contributed by atoms with Gasteiger partial charge >= 0.3 is 5.97 Å². The number of esters is 1. The van der Waals surface area contributed by atoms with Crippen LogP contribution < -0.4 is 5.73 Å². The molecule has 0 aliphatic carbocycles. The summed E-state index contributed by atoms with van der Waals surface area (Å²) in [4.78, 5) is 11.5. The molecule has 1 heterocycles. The van der Waals surface area contributed by atoms with E-state index in [0.717, 1.165) is 19.3 Å². The number of unbranched alkanes of at least 4 members (excludes halogenated alkanes) is 1. The lowest BCUT2D eigenvalue weighted by atomic mass is 9.89. The van der Waals surface area contributed by atoms with Crippen LogP contribution in [0.2, 0.25) is 0 Å². The van der Waals surface area contributed by atoms with Crippen molar-refractivity contribution in [1.82, 2.24) is 9.78 Å². The summed E-state index contributed by atoms with van der Waals surface area (Å²) >= 11 is 0. The molecule has 1 rings (SSSR count). The molecule has 104 valence electrons. The minimum Gasteiger partial charge on any atom is -0.464 e. The van der Waals surface area contributed by atoms with Crippen LogP contribution in [0.15, 0.2) is 12.3 Å². The molecule has 0 fully saturated rings. The van der Waals surface area contributed by atoms with Gasteiger partial charge in [-0.25, -0.2) is 0 Å². The Balaban J connectivity index is 2.13. The van der Waals surface area contributed by atoms with E-state index in [1.165, 1.54) is 4.68 Å². The van der Waals surface area contributed by atoms with E-state index in [0.29, 0.717) is 12.4 Å². The van der Waals surface area contributed by atoms with Crippen LogP contribution in [0.3, 0.4) is 0 Å². The topological polar surface area (TPSA) is 93.9 Å². The first-order valence-electron chi connectivity index (χ1n) is 6.29. The highest BCUT2D eigenvalue weighted by atomic mass is 16.5. The fraction of sp³-hybridized carbons (Fsp3) is 0.615. The van der Waals surface area contributed by atoms with E-state index in [1.54, 1.807) is 12.3 Å². The second-order valence-electron chi connectivity index (χ2n) is 5.11. The fourth-order valence-corrected chi connectivity index (χ4v) is 1.55. The Morgan fingerprint density at radius 2 is 2.32 bits per heavy atom. The summed E-state index contributed by atoms with van der Waals surface area (Å²) in [6.07, 6.45) is 4.06. The van der Waals surface area contributed by atoms with E-state index in [4.69, 9.17) is 15.7 Å². The molecule has 0 aliphatic heterocycles. The van der Waals surface area contributed by atoms with E-state index in [2.05, 4.69) is 11.2 Å². The number of carbonyl (C=O) groups excluding carboxylic acids is 1. The van der Waals surface area contributed by atoms with Crippen LogP contribution in [-0.2, 0) is 16.1 Å². The Morgan fingerprint density at radius 3 is 2.89 bits per heavy atom. The van der Waals surface area contributed by atoms with Crippen LogP contribution in [-0.4, -0.2) is 22.4 Å². The molecule has 0 bridgehead atoms. The number of nitrogens with zero attached hydrogens (tertiary/aromatic N) is 3. The molecule has 0 aromatic carbocycles. The minimum atomic E-state index is -0.331. The van der Waals surface area contributed by atoms with Gasteiger partial charge in [0, 0.05) is 6.20 Å². The molecular weight excluding hydrogens is 244 g/mol. The highest BCUT2D eigenvalue weighted by Gasteiger charge is 2.15. The zero-order valence-corrected chi connectivity index (χ0v) is 11.4. The third kappa shape index (κ3) is 5.91. The van der Waals surface area contributed by atoms with Gasteiger partial charge in [0.2, 0.25) is 0 Å². The molecule has 1 aromatic heterocycles. The molecule has 0 unspecified atom stereocenters. The lowest BCUT2D eigenvalue weighted by molar-refractivity contribution is -0.144. The smallest absolute Gasteiger partial charge is 0.327 e. The molecule has 0 atom stereocenters. The third-order valence-corrected chi connectivity index (χ3v) is 2.71. The molecule has 6 nitrogen and oxygen atoms in total. The maximum absolute atomic E-state index is 11.5. The monoisotopic (exact) mass is 264 g/mol. The van der Waals surface area contributed by atoms with Crippen LogP contribution in [0.25, 0.3) is 0 Å². The lowest BCUT2D eigenvalue weighted by Gasteiger charge is -2.14. The largest absolute Gasteiger partial charge is 0.464 e. The predicted octanol–water partition coefficient (Wildman–Crippen LogP) is 1.73. The highest BCUT2D eigenvalue weighted by Crippen LogP contribution is 2.21. The zero-order valence-electron chi connectivity index (χ0n) is 11.4. The van der Waals surface area contributed by atoms with E-state index < -0.39 is 0 Å². The molecule has 2 N–H and O–H groups in total. The first-order chi connectivity index (χ1) is 8.93. The van der Waals surface area contributed by atoms with Gasteiger partial charge in [-0.2, -0.15) is 10.4 Å². The number of nitrogens with two attached hydrogens (primary N) is 1. The summed E-state index contributed by atoms with van der Waals surface area (Å²) in [5.41, 5.74) is 5.13. The molecule has 6 heteroatoms. The quantitative estimate of drug-likeness (QED) is 0.598. The van der Waals surface area contributed by atoms with Crippen molar-refractivity contribution >= 4 is 11.8 Å². The van der Waals surface area contributed by atoms with E-state index in [1.807, 2.05) is 13.8 Å². The Kier molecular flexibility index (Phi) is 5.37. The average Bonchev–Trinajstić information content (AvgIpc) is 2.74. The second kappa shape index (κ2) is 6.78. The molecular formula is C13H20N4O2. The summed E-state index contributed by atoms with van der Waals surface area (Å²) in [6, 6.07) is 3.87. The molecule has 0 amide bonds. The number of ether oxygens (including phenoxy) is 1. The maximum Gasteiger partial charge on any atom is 0.327 e. The van der Waals surface area contributed by atoms with Crippen molar-refractivity contribution < 1.29 is 9.53 Å². The van der Waals surface area contributed by atoms with Gasteiger partial charge in [0.1, 0.15) is 12.4 Å². The summed E-state index contributed by atoms with van der Waals surface area (Å²) in [5.74, 6) is 0.0502. The molecule has 0 spiro atoms. The lowest BCUT2D eigenvalue weighted by Crippen LogP contribution is -2.15. The Labute approximate surface area is 113 Å². The number of hydrogen-bond acceptors (Lipinski definition) is 5. The van der Waals surface area contributed by atoms with Crippen LogP contribution in [0.1, 0.15) is 33.1 Å². The fourth-order valence-electron chi connectivity index (χ4n) is 1.55. The molecule has 19 heavy (non-hydrogen) atoms. The molecule has 1 aromatic rings.